The summed E-state index contributed by atoms with van der Waals surface area (Å²) in [5.41, 5.74) is -0.270. The van der Waals surface area contributed by atoms with E-state index in [9.17, 15) is 14.3 Å². The van der Waals surface area contributed by atoms with Gasteiger partial charge in [-0.05, 0) is 37.3 Å². The summed E-state index contributed by atoms with van der Waals surface area (Å²) in [5, 5.41) is 12.2. The molecule has 1 saturated carbocycles. The van der Waals surface area contributed by atoms with E-state index in [2.05, 4.69) is 21.2 Å². The molecule has 104 valence electrons. The molecule has 3 nitrogen and oxygen atoms in total. The standard InChI is InChI=1S/C14H17BrFNO2/c15-10-4-1-3-9(7-10)8-17-14(19)13-11(16)5-2-6-12(13)18/h2,5-6,9-10,18H,1,3-4,7-8H2,(H,17,19). The van der Waals surface area contributed by atoms with Crippen LogP contribution >= 0.6 is 15.9 Å². The fourth-order valence-corrected chi connectivity index (χ4v) is 3.33. The molecule has 1 amide bonds. The molecule has 2 atom stereocenters. The van der Waals surface area contributed by atoms with E-state index in [-0.39, 0.29) is 11.3 Å². The Balaban J connectivity index is 1.94. The number of nitrogens with one attached hydrogen (secondary N) is 1. The monoisotopic (exact) mass is 329 g/mol. The lowest BCUT2D eigenvalue weighted by Gasteiger charge is -2.25. The first-order valence-electron chi connectivity index (χ1n) is 6.47. The van der Waals surface area contributed by atoms with Gasteiger partial charge in [-0.3, -0.25) is 4.79 Å². The maximum atomic E-state index is 13.5. The average Bonchev–Trinajstić information content (AvgIpc) is 2.36. The first-order chi connectivity index (χ1) is 9.08. The zero-order chi connectivity index (χ0) is 13.8. The molecule has 0 bridgehead atoms. The number of rotatable bonds is 3. The maximum absolute atomic E-state index is 13.5. The van der Waals surface area contributed by atoms with Crippen molar-refractivity contribution in [3.05, 3.63) is 29.6 Å². The molecule has 0 aromatic heterocycles. The number of benzene rings is 1. The van der Waals surface area contributed by atoms with Gasteiger partial charge in [0.05, 0.1) is 0 Å². The number of hydrogen-bond donors (Lipinski definition) is 2. The highest BCUT2D eigenvalue weighted by atomic mass is 79.9. The number of carbonyl (C=O) groups is 1. The number of hydrogen-bond acceptors (Lipinski definition) is 2. The quantitative estimate of drug-likeness (QED) is 0.836. The number of carbonyl (C=O) groups excluding carboxylic acids is 1. The lowest BCUT2D eigenvalue weighted by molar-refractivity contribution is 0.0937. The topological polar surface area (TPSA) is 49.3 Å². The normalized spacial score (nSPS) is 23.1. The molecular weight excluding hydrogens is 313 g/mol. The minimum absolute atomic E-state index is 0.270. The molecule has 19 heavy (non-hydrogen) atoms. The van der Waals surface area contributed by atoms with Crippen LogP contribution in [0.2, 0.25) is 0 Å². The van der Waals surface area contributed by atoms with Crippen molar-refractivity contribution in [2.45, 2.75) is 30.5 Å². The van der Waals surface area contributed by atoms with Gasteiger partial charge < -0.3 is 10.4 Å². The third-order valence-corrected chi connectivity index (χ3v) is 4.32. The van der Waals surface area contributed by atoms with E-state index in [0.29, 0.717) is 17.3 Å². The highest BCUT2D eigenvalue weighted by Gasteiger charge is 2.22. The van der Waals surface area contributed by atoms with Crippen LogP contribution in [0.15, 0.2) is 18.2 Å². The highest BCUT2D eigenvalue weighted by Crippen LogP contribution is 2.28. The molecule has 1 aliphatic rings. The van der Waals surface area contributed by atoms with Crippen LogP contribution in [0.3, 0.4) is 0 Å². The van der Waals surface area contributed by atoms with E-state index in [1.807, 2.05) is 0 Å². The van der Waals surface area contributed by atoms with Gasteiger partial charge in [0.2, 0.25) is 0 Å². The predicted molar refractivity (Wildman–Crippen MR) is 75.1 cm³/mol. The minimum atomic E-state index is -0.695. The second-order valence-electron chi connectivity index (χ2n) is 4.97. The summed E-state index contributed by atoms with van der Waals surface area (Å²) in [6, 6.07) is 3.86. The van der Waals surface area contributed by atoms with Gasteiger partial charge in [0.15, 0.2) is 0 Å². The van der Waals surface area contributed by atoms with Crippen LogP contribution in [0, 0.1) is 11.7 Å². The molecule has 0 aliphatic heterocycles. The third-order valence-electron chi connectivity index (χ3n) is 3.49. The molecule has 2 N–H and O–H groups in total. The fourth-order valence-electron chi connectivity index (χ4n) is 2.47. The second kappa shape index (κ2) is 6.37. The lowest BCUT2D eigenvalue weighted by atomic mass is 9.89. The summed E-state index contributed by atoms with van der Waals surface area (Å²) in [7, 11) is 0. The lowest BCUT2D eigenvalue weighted by Crippen LogP contribution is -2.32. The number of halogens is 2. The SMILES string of the molecule is O=C(NCC1CCCC(Br)C1)c1c(O)cccc1F. The summed E-state index contributed by atoms with van der Waals surface area (Å²) in [5.74, 6) is -1.15. The first-order valence-corrected chi connectivity index (χ1v) is 7.39. The number of phenolic OH excluding ortho intramolecular Hbond substituents is 1. The number of amides is 1. The van der Waals surface area contributed by atoms with E-state index in [4.69, 9.17) is 0 Å². The molecule has 1 aromatic rings. The largest absolute Gasteiger partial charge is 0.507 e. The van der Waals surface area contributed by atoms with E-state index in [1.165, 1.54) is 24.6 Å². The molecule has 1 aromatic carbocycles. The van der Waals surface area contributed by atoms with Crippen LogP contribution in [0.1, 0.15) is 36.0 Å². The Morgan fingerprint density at radius 3 is 2.95 bits per heavy atom. The Morgan fingerprint density at radius 2 is 2.26 bits per heavy atom. The number of phenols is 1. The molecular formula is C14H17BrFNO2. The van der Waals surface area contributed by atoms with Gasteiger partial charge in [0.1, 0.15) is 17.1 Å². The number of aromatic hydroxyl groups is 1. The molecule has 2 rings (SSSR count). The van der Waals surface area contributed by atoms with Gasteiger partial charge in [-0.2, -0.15) is 0 Å². The van der Waals surface area contributed by atoms with Crippen molar-refractivity contribution in [1.29, 1.82) is 0 Å². The zero-order valence-electron chi connectivity index (χ0n) is 10.5. The molecule has 0 heterocycles. The fraction of sp³-hybridized carbons (Fsp3) is 0.500. The van der Waals surface area contributed by atoms with Crippen molar-refractivity contribution in [2.24, 2.45) is 5.92 Å². The van der Waals surface area contributed by atoms with Crippen LogP contribution in [-0.2, 0) is 0 Å². The zero-order valence-corrected chi connectivity index (χ0v) is 12.1. The van der Waals surface area contributed by atoms with Crippen molar-refractivity contribution < 1.29 is 14.3 Å². The van der Waals surface area contributed by atoms with Gasteiger partial charge in [-0.1, -0.05) is 28.4 Å². The minimum Gasteiger partial charge on any atom is -0.507 e. The Bertz CT molecular complexity index is 447. The summed E-state index contributed by atoms with van der Waals surface area (Å²) >= 11 is 3.59. The van der Waals surface area contributed by atoms with Gasteiger partial charge in [-0.15, -0.1) is 0 Å². The summed E-state index contributed by atoms with van der Waals surface area (Å²) < 4.78 is 13.5. The van der Waals surface area contributed by atoms with Gasteiger partial charge in [-0.25, -0.2) is 4.39 Å². The van der Waals surface area contributed by atoms with Crippen LogP contribution in [-0.4, -0.2) is 22.4 Å². The molecule has 0 radical (unpaired) electrons. The van der Waals surface area contributed by atoms with Gasteiger partial charge in [0, 0.05) is 11.4 Å². The average molecular weight is 330 g/mol. The van der Waals surface area contributed by atoms with Gasteiger partial charge in [0.25, 0.3) is 5.91 Å². The molecule has 5 heteroatoms. The molecule has 2 unspecified atom stereocenters. The molecule has 1 fully saturated rings. The van der Waals surface area contributed by atoms with Gasteiger partial charge >= 0.3 is 0 Å². The van der Waals surface area contributed by atoms with E-state index < -0.39 is 11.7 Å². The summed E-state index contributed by atoms with van der Waals surface area (Å²) in [6.45, 7) is 0.523. The van der Waals surface area contributed by atoms with Crippen LogP contribution in [0.4, 0.5) is 4.39 Å². The summed E-state index contributed by atoms with van der Waals surface area (Å²) in [4.78, 5) is 12.4. The molecule has 0 spiro atoms. The number of alkyl halides is 1. The third kappa shape index (κ3) is 3.69. The Labute approximate surface area is 120 Å². The van der Waals surface area contributed by atoms with Crippen LogP contribution in [0.25, 0.3) is 0 Å². The molecule has 0 saturated heterocycles. The van der Waals surface area contributed by atoms with Crippen molar-refractivity contribution in [2.75, 3.05) is 6.54 Å². The smallest absolute Gasteiger partial charge is 0.258 e. The van der Waals surface area contributed by atoms with E-state index in [0.717, 1.165) is 19.3 Å². The highest BCUT2D eigenvalue weighted by molar-refractivity contribution is 9.09. The summed E-state index contributed by atoms with van der Waals surface area (Å²) in [6.07, 6.45) is 4.40. The maximum Gasteiger partial charge on any atom is 0.258 e. The van der Waals surface area contributed by atoms with Crippen molar-refractivity contribution in [3.63, 3.8) is 0 Å². The predicted octanol–water partition coefficient (Wildman–Crippen LogP) is 3.21. The van der Waals surface area contributed by atoms with Crippen LogP contribution in [0.5, 0.6) is 5.75 Å². The van der Waals surface area contributed by atoms with E-state index >= 15 is 0 Å². The van der Waals surface area contributed by atoms with Crippen LogP contribution < -0.4 is 5.32 Å². The van der Waals surface area contributed by atoms with Crippen molar-refractivity contribution in [1.82, 2.24) is 5.32 Å². The Hall–Kier alpha value is -1.10. The first kappa shape index (κ1) is 14.3. The van der Waals surface area contributed by atoms with Crippen molar-refractivity contribution in [3.8, 4) is 5.75 Å². The second-order valence-corrected chi connectivity index (χ2v) is 6.27. The Kier molecular flexibility index (Phi) is 4.80. The van der Waals surface area contributed by atoms with E-state index in [1.54, 1.807) is 0 Å². The Morgan fingerprint density at radius 1 is 1.47 bits per heavy atom. The molecule has 1 aliphatic carbocycles. The van der Waals surface area contributed by atoms with Crippen molar-refractivity contribution >= 4 is 21.8 Å².